The molecule has 0 radical (unpaired) electrons. The summed E-state index contributed by atoms with van der Waals surface area (Å²) in [5, 5.41) is 3.39. The van der Waals surface area contributed by atoms with Crippen molar-refractivity contribution >= 4 is 11.9 Å². The lowest BCUT2D eigenvalue weighted by Gasteiger charge is -2.35. The lowest BCUT2D eigenvalue weighted by molar-refractivity contribution is -0.127. The first-order valence-corrected chi connectivity index (χ1v) is 11.1. The fourth-order valence-corrected chi connectivity index (χ4v) is 5.14. The maximum atomic E-state index is 13.0. The summed E-state index contributed by atoms with van der Waals surface area (Å²) in [5.74, 6) is 0.743. The van der Waals surface area contributed by atoms with Gasteiger partial charge >= 0.3 is 6.03 Å². The lowest BCUT2D eigenvalue weighted by atomic mass is 9.89. The fourth-order valence-electron chi connectivity index (χ4n) is 5.14. The summed E-state index contributed by atoms with van der Waals surface area (Å²) in [6.07, 6.45) is 8.71. The smallest absolute Gasteiger partial charge is 0.319 e. The van der Waals surface area contributed by atoms with Crippen molar-refractivity contribution in [3.05, 3.63) is 35.9 Å². The molecule has 5 nitrogen and oxygen atoms in total. The highest BCUT2D eigenvalue weighted by molar-refractivity contribution is 5.80. The number of likely N-dealkylation sites (tertiary alicyclic amines) is 2. The van der Waals surface area contributed by atoms with Gasteiger partial charge in [0.25, 0.3) is 0 Å². The monoisotopic (exact) mass is 383 g/mol. The normalized spacial score (nSPS) is 22.4. The average molecular weight is 384 g/mol. The molecule has 3 aliphatic rings. The van der Waals surface area contributed by atoms with Gasteiger partial charge in [0.1, 0.15) is 0 Å². The number of benzene rings is 1. The van der Waals surface area contributed by atoms with E-state index in [0.29, 0.717) is 19.0 Å². The second-order valence-electron chi connectivity index (χ2n) is 8.68. The molecule has 2 aliphatic heterocycles. The molecule has 3 fully saturated rings. The van der Waals surface area contributed by atoms with Gasteiger partial charge in [-0.3, -0.25) is 4.79 Å². The molecule has 1 N–H and O–H groups in total. The third-order valence-electron chi connectivity index (χ3n) is 6.84. The molecule has 0 aromatic heterocycles. The Morgan fingerprint density at radius 2 is 1.43 bits per heavy atom. The van der Waals surface area contributed by atoms with Crippen LogP contribution >= 0.6 is 0 Å². The molecule has 2 heterocycles. The quantitative estimate of drug-likeness (QED) is 0.856. The Morgan fingerprint density at radius 1 is 0.821 bits per heavy atom. The van der Waals surface area contributed by atoms with Crippen LogP contribution in [0.5, 0.6) is 0 Å². The summed E-state index contributed by atoms with van der Waals surface area (Å²) in [6.45, 7) is 3.18. The van der Waals surface area contributed by atoms with Gasteiger partial charge in [-0.15, -0.1) is 0 Å². The number of carbonyl (C=O) groups is 2. The summed E-state index contributed by atoms with van der Waals surface area (Å²) in [4.78, 5) is 29.5. The molecule has 1 atom stereocenters. The Kier molecular flexibility index (Phi) is 6.18. The Morgan fingerprint density at radius 3 is 2.07 bits per heavy atom. The van der Waals surface area contributed by atoms with Crippen molar-refractivity contribution in [1.82, 2.24) is 15.1 Å². The summed E-state index contributed by atoms with van der Waals surface area (Å²) < 4.78 is 0. The number of carbonyl (C=O) groups excluding carboxylic acids is 2. The number of nitrogens with one attached hydrogen (secondary N) is 1. The third kappa shape index (κ3) is 4.34. The minimum Gasteiger partial charge on any atom is -0.349 e. The predicted molar refractivity (Wildman–Crippen MR) is 110 cm³/mol. The third-order valence-corrected chi connectivity index (χ3v) is 6.84. The van der Waals surface area contributed by atoms with Crippen molar-refractivity contribution in [1.29, 1.82) is 0 Å². The van der Waals surface area contributed by atoms with E-state index in [0.717, 1.165) is 38.8 Å². The molecule has 28 heavy (non-hydrogen) atoms. The van der Waals surface area contributed by atoms with Crippen LogP contribution in [0, 0.1) is 11.8 Å². The van der Waals surface area contributed by atoms with Gasteiger partial charge in [0.2, 0.25) is 5.91 Å². The van der Waals surface area contributed by atoms with E-state index in [1.165, 1.54) is 31.2 Å². The first-order valence-electron chi connectivity index (χ1n) is 11.1. The zero-order chi connectivity index (χ0) is 19.3. The molecule has 1 aromatic rings. The summed E-state index contributed by atoms with van der Waals surface area (Å²) in [6, 6.07) is 10.7. The van der Waals surface area contributed by atoms with E-state index in [2.05, 4.69) is 29.6 Å². The number of rotatable bonds is 4. The van der Waals surface area contributed by atoms with Crippen LogP contribution in [0.4, 0.5) is 4.79 Å². The van der Waals surface area contributed by atoms with Crippen LogP contribution < -0.4 is 5.32 Å². The lowest BCUT2D eigenvalue weighted by Crippen LogP contribution is -2.48. The van der Waals surface area contributed by atoms with Gasteiger partial charge in [0.15, 0.2) is 0 Å². The number of hydrogen-bond donors (Lipinski definition) is 1. The highest BCUT2D eigenvalue weighted by atomic mass is 16.2. The van der Waals surface area contributed by atoms with Gasteiger partial charge in [-0.2, -0.15) is 0 Å². The van der Waals surface area contributed by atoms with Gasteiger partial charge in [0, 0.05) is 32.1 Å². The van der Waals surface area contributed by atoms with Crippen LogP contribution in [0.2, 0.25) is 0 Å². The first-order chi connectivity index (χ1) is 13.7. The minimum absolute atomic E-state index is 0.0234. The van der Waals surface area contributed by atoms with E-state index in [1.807, 2.05) is 15.9 Å². The van der Waals surface area contributed by atoms with Gasteiger partial charge in [-0.1, -0.05) is 43.2 Å². The molecule has 152 valence electrons. The molecule has 0 bridgehead atoms. The van der Waals surface area contributed by atoms with Gasteiger partial charge in [-0.05, 0) is 50.0 Å². The number of piperidine rings is 1. The zero-order valence-electron chi connectivity index (χ0n) is 16.8. The van der Waals surface area contributed by atoms with E-state index in [9.17, 15) is 9.59 Å². The van der Waals surface area contributed by atoms with Crippen molar-refractivity contribution in [3.8, 4) is 0 Å². The molecular weight excluding hydrogens is 350 g/mol. The van der Waals surface area contributed by atoms with Crippen LogP contribution in [0.3, 0.4) is 0 Å². The maximum Gasteiger partial charge on any atom is 0.319 e. The summed E-state index contributed by atoms with van der Waals surface area (Å²) in [7, 11) is 0. The van der Waals surface area contributed by atoms with Gasteiger partial charge < -0.3 is 15.1 Å². The minimum atomic E-state index is 0.0234. The van der Waals surface area contributed by atoms with Crippen molar-refractivity contribution in [3.63, 3.8) is 0 Å². The maximum absolute atomic E-state index is 13.0. The molecule has 1 unspecified atom stereocenters. The highest BCUT2D eigenvalue weighted by Gasteiger charge is 2.33. The molecule has 1 saturated carbocycles. The molecule has 2 saturated heterocycles. The number of hydrogen-bond acceptors (Lipinski definition) is 2. The fraction of sp³-hybridized carbons (Fsp3) is 0.652. The second kappa shape index (κ2) is 8.97. The predicted octanol–water partition coefficient (Wildman–Crippen LogP) is 3.96. The SMILES string of the molecule is O=C(NC(c1ccccc1)C1CCCC1)C1CCN(C(=O)N2CCCC2)CC1. The van der Waals surface area contributed by atoms with E-state index < -0.39 is 0 Å². The molecular formula is C23H33N3O2. The van der Waals surface area contributed by atoms with Crippen molar-refractivity contribution in [2.24, 2.45) is 11.8 Å². The average Bonchev–Trinajstić information content (AvgIpc) is 3.46. The summed E-state index contributed by atoms with van der Waals surface area (Å²) in [5.41, 5.74) is 1.23. The highest BCUT2D eigenvalue weighted by Crippen LogP contribution is 2.36. The standard InChI is InChI=1S/C23H33N3O2/c27-22(20-12-16-26(17-13-20)23(28)25-14-6-7-15-25)24-21(19-10-4-5-11-19)18-8-2-1-3-9-18/h1-3,8-9,19-21H,4-7,10-17H2,(H,24,27). The molecule has 4 rings (SSSR count). The molecule has 1 aliphatic carbocycles. The number of urea groups is 1. The molecule has 5 heteroatoms. The Hall–Kier alpha value is -2.04. The van der Waals surface area contributed by atoms with E-state index in [4.69, 9.17) is 0 Å². The van der Waals surface area contributed by atoms with Crippen molar-refractivity contribution in [2.75, 3.05) is 26.2 Å². The van der Waals surface area contributed by atoms with E-state index in [1.54, 1.807) is 0 Å². The van der Waals surface area contributed by atoms with E-state index in [-0.39, 0.29) is 23.9 Å². The molecule has 0 spiro atoms. The van der Waals surface area contributed by atoms with Crippen molar-refractivity contribution in [2.45, 2.75) is 57.4 Å². The number of amides is 3. The van der Waals surface area contributed by atoms with Crippen LogP contribution in [-0.4, -0.2) is 47.9 Å². The summed E-state index contributed by atoms with van der Waals surface area (Å²) >= 11 is 0. The van der Waals surface area contributed by atoms with Crippen LogP contribution in [0.1, 0.15) is 63.0 Å². The topological polar surface area (TPSA) is 52.7 Å². The second-order valence-corrected chi connectivity index (χ2v) is 8.68. The molecule has 1 aromatic carbocycles. The largest absolute Gasteiger partial charge is 0.349 e. The Bertz CT molecular complexity index is 658. The van der Waals surface area contributed by atoms with Gasteiger partial charge in [0.05, 0.1) is 6.04 Å². The Balaban J connectivity index is 1.34. The van der Waals surface area contributed by atoms with Gasteiger partial charge in [-0.25, -0.2) is 4.79 Å². The van der Waals surface area contributed by atoms with Crippen LogP contribution in [0.15, 0.2) is 30.3 Å². The Labute approximate surface area is 168 Å². The zero-order valence-corrected chi connectivity index (χ0v) is 16.8. The van der Waals surface area contributed by atoms with Crippen LogP contribution in [-0.2, 0) is 4.79 Å². The molecule has 3 amide bonds. The van der Waals surface area contributed by atoms with Crippen molar-refractivity contribution < 1.29 is 9.59 Å². The first kappa shape index (κ1) is 19.3. The number of nitrogens with zero attached hydrogens (tertiary/aromatic N) is 2. The van der Waals surface area contributed by atoms with Crippen LogP contribution in [0.25, 0.3) is 0 Å². The van der Waals surface area contributed by atoms with E-state index >= 15 is 0 Å².